The molecule has 0 unspecified atom stereocenters. The number of ether oxygens (including phenoxy) is 1. The van der Waals surface area contributed by atoms with E-state index >= 15 is 0 Å². The number of aryl methyl sites for hydroxylation is 1. The highest BCUT2D eigenvalue weighted by molar-refractivity contribution is 5.96. The van der Waals surface area contributed by atoms with Crippen LogP contribution >= 0.6 is 0 Å². The molecule has 0 saturated carbocycles. The normalized spacial score (nSPS) is 14.5. The lowest BCUT2D eigenvalue weighted by Crippen LogP contribution is -2.50. The molecule has 3 rings (SSSR count). The van der Waals surface area contributed by atoms with Gasteiger partial charge in [0.25, 0.3) is 11.8 Å². The maximum Gasteiger partial charge on any atom is 0.337 e. The minimum Gasteiger partial charge on any atom is -0.465 e. The summed E-state index contributed by atoms with van der Waals surface area (Å²) in [7, 11) is 1.31. The highest BCUT2D eigenvalue weighted by Gasteiger charge is 2.24. The van der Waals surface area contributed by atoms with E-state index in [9.17, 15) is 14.4 Å². The molecule has 0 atom stereocenters. The van der Waals surface area contributed by atoms with Crippen LogP contribution in [-0.2, 0) is 4.74 Å². The molecule has 0 bridgehead atoms. The zero-order valence-corrected chi connectivity index (χ0v) is 16.5. The molecule has 0 aliphatic carbocycles. The third-order valence-corrected chi connectivity index (χ3v) is 4.79. The van der Waals surface area contributed by atoms with Gasteiger partial charge in [-0.1, -0.05) is 5.16 Å². The number of carbonyl (C=O) groups excluding carboxylic acids is 3. The molecule has 1 aliphatic rings. The molecule has 1 aliphatic heterocycles. The number of hydrogen-bond donors (Lipinski definition) is 1. The van der Waals surface area contributed by atoms with Crippen LogP contribution in [0.4, 0.5) is 0 Å². The lowest BCUT2D eigenvalue weighted by Gasteiger charge is -2.34. The van der Waals surface area contributed by atoms with E-state index in [2.05, 4.69) is 20.1 Å². The van der Waals surface area contributed by atoms with Gasteiger partial charge in [0.15, 0.2) is 5.69 Å². The van der Waals surface area contributed by atoms with Crippen LogP contribution in [0.3, 0.4) is 0 Å². The number of aromatic nitrogens is 1. The second-order valence-corrected chi connectivity index (χ2v) is 6.78. The van der Waals surface area contributed by atoms with Gasteiger partial charge in [0.1, 0.15) is 5.76 Å². The SMILES string of the molecule is COC(=O)c1ccc(C(=O)NCCN2CCN(C(=O)c3cc(C)on3)CC2)cc1. The van der Waals surface area contributed by atoms with Crippen molar-refractivity contribution in [2.75, 3.05) is 46.4 Å². The predicted molar refractivity (Wildman–Crippen MR) is 104 cm³/mol. The van der Waals surface area contributed by atoms with E-state index in [0.717, 1.165) is 13.1 Å². The Morgan fingerprint density at radius 2 is 1.76 bits per heavy atom. The van der Waals surface area contributed by atoms with Crippen molar-refractivity contribution in [3.8, 4) is 0 Å². The van der Waals surface area contributed by atoms with Gasteiger partial charge in [-0.15, -0.1) is 0 Å². The van der Waals surface area contributed by atoms with Crippen LogP contribution < -0.4 is 5.32 Å². The zero-order valence-electron chi connectivity index (χ0n) is 16.5. The molecule has 154 valence electrons. The van der Waals surface area contributed by atoms with E-state index in [0.29, 0.717) is 48.8 Å². The molecule has 1 N–H and O–H groups in total. The van der Waals surface area contributed by atoms with Crippen molar-refractivity contribution in [1.82, 2.24) is 20.3 Å². The maximum atomic E-state index is 12.4. The highest BCUT2D eigenvalue weighted by atomic mass is 16.5. The summed E-state index contributed by atoms with van der Waals surface area (Å²) in [6.07, 6.45) is 0. The number of methoxy groups -OCH3 is 1. The van der Waals surface area contributed by atoms with Crippen molar-refractivity contribution in [1.29, 1.82) is 0 Å². The molecule has 0 spiro atoms. The molecular weight excluding hydrogens is 376 g/mol. The molecule has 29 heavy (non-hydrogen) atoms. The van der Waals surface area contributed by atoms with Crippen LogP contribution in [0.25, 0.3) is 0 Å². The van der Waals surface area contributed by atoms with Gasteiger partial charge in [0, 0.05) is 50.9 Å². The Balaban J connectivity index is 1.40. The Bertz CT molecular complexity index is 869. The van der Waals surface area contributed by atoms with Gasteiger partial charge in [-0.3, -0.25) is 14.5 Å². The Kier molecular flexibility index (Phi) is 6.61. The Hall–Kier alpha value is -3.20. The van der Waals surface area contributed by atoms with E-state index in [4.69, 9.17) is 4.52 Å². The van der Waals surface area contributed by atoms with Crippen molar-refractivity contribution in [2.45, 2.75) is 6.92 Å². The second kappa shape index (κ2) is 9.33. The van der Waals surface area contributed by atoms with Crippen LogP contribution in [0.5, 0.6) is 0 Å². The summed E-state index contributed by atoms with van der Waals surface area (Å²) in [6, 6.07) is 7.96. The van der Waals surface area contributed by atoms with Gasteiger partial charge in [-0.05, 0) is 31.2 Å². The highest BCUT2D eigenvalue weighted by Crippen LogP contribution is 2.09. The molecule has 0 radical (unpaired) electrons. The van der Waals surface area contributed by atoms with Crippen molar-refractivity contribution in [2.24, 2.45) is 0 Å². The third kappa shape index (κ3) is 5.20. The first-order valence-corrected chi connectivity index (χ1v) is 9.39. The molecule has 1 aromatic heterocycles. The smallest absolute Gasteiger partial charge is 0.337 e. The van der Waals surface area contributed by atoms with E-state index < -0.39 is 5.97 Å². The number of benzene rings is 1. The molecule has 1 aromatic carbocycles. The number of nitrogens with one attached hydrogen (secondary N) is 1. The Labute approximate surface area is 168 Å². The Morgan fingerprint density at radius 3 is 2.34 bits per heavy atom. The summed E-state index contributed by atoms with van der Waals surface area (Å²) >= 11 is 0. The third-order valence-electron chi connectivity index (χ3n) is 4.79. The fourth-order valence-corrected chi connectivity index (χ4v) is 3.11. The number of piperazine rings is 1. The fourth-order valence-electron chi connectivity index (χ4n) is 3.11. The number of rotatable bonds is 6. The van der Waals surface area contributed by atoms with Gasteiger partial charge < -0.3 is 19.5 Å². The first-order chi connectivity index (χ1) is 14.0. The molecule has 2 heterocycles. The summed E-state index contributed by atoms with van der Waals surface area (Å²) in [6.45, 7) is 5.61. The largest absolute Gasteiger partial charge is 0.465 e. The van der Waals surface area contributed by atoms with Crippen molar-refractivity contribution in [3.63, 3.8) is 0 Å². The predicted octanol–water partition coefficient (Wildman–Crippen LogP) is 0.957. The summed E-state index contributed by atoms with van der Waals surface area (Å²) < 4.78 is 9.60. The minimum absolute atomic E-state index is 0.120. The number of hydrogen-bond acceptors (Lipinski definition) is 7. The van der Waals surface area contributed by atoms with Gasteiger partial charge in [0.2, 0.25) is 0 Å². The van der Waals surface area contributed by atoms with Gasteiger partial charge >= 0.3 is 5.97 Å². The van der Waals surface area contributed by atoms with Crippen LogP contribution in [0.1, 0.15) is 37.0 Å². The molecule has 1 fully saturated rings. The molecule has 9 heteroatoms. The Morgan fingerprint density at radius 1 is 1.10 bits per heavy atom. The van der Waals surface area contributed by atoms with Gasteiger partial charge in [0.05, 0.1) is 12.7 Å². The maximum absolute atomic E-state index is 12.4. The van der Waals surface area contributed by atoms with Crippen LogP contribution in [0.15, 0.2) is 34.9 Å². The van der Waals surface area contributed by atoms with Crippen molar-refractivity contribution >= 4 is 17.8 Å². The number of amides is 2. The minimum atomic E-state index is -0.437. The monoisotopic (exact) mass is 400 g/mol. The van der Waals surface area contributed by atoms with Crippen molar-refractivity contribution < 1.29 is 23.6 Å². The van der Waals surface area contributed by atoms with E-state index in [1.54, 1.807) is 42.2 Å². The average Bonchev–Trinajstić information content (AvgIpc) is 3.19. The molecule has 2 amide bonds. The van der Waals surface area contributed by atoms with E-state index in [1.807, 2.05) is 0 Å². The number of carbonyl (C=O) groups is 3. The standard InChI is InChI=1S/C20H24N4O5/c1-14-13-17(22-29-14)19(26)24-11-9-23(10-12-24)8-7-21-18(25)15-3-5-16(6-4-15)20(27)28-2/h3-6,13H,7-12H2,1-2H3,(H,21,25). The summed E-state index contributed by atoms with van der Waals surface area (Å²) in [5.74, 6) is -0.141. The molecular formula is C20H24N4O5. The summed E-state index contributed by atoms with van der Waals surface area (Å²) in [5, 5.41) is 6.65. The van der Waals surface area contributed by atoms with Crippen LogP contribution in [0.2, 0.25) is 0 Å². The van der Waals surface area contributed by atoms with Gasteiger partial charge in [-0.25, -0.2) is 4.79 Å². The molecule has 9 nitrogen and oxygen atoms in total. The van der Waals surface area contributed by atoms with Crippen LogP contribution in [0, 0.1) is 6.92 Å². The van der Waals surface area contributed by atoms with E-state index in [-0.39, 0.29) is 11.8 Å². The number of nitrogens with zero attached hydrogens (tertiary/aromatic N) is 3. The zero-order chi connectivity index (χ0) is 20.8. The van der Waals surface area contributed by atoms with Gasteiger partial charge in [-0.2, -0.15) is 0 Å². The summed E-state index contributed by atoms with van der Waals surface area (Å²) in [4.78, 5) is 40.0. The van der Waals surface area contributed by atoms with E-state index in [1.165, 1.54) is 7.11 Å². The lowest BCUT2D eigenvalue weighted by atomic mass is 10.1. The topological polar surface area (TPSA) is 105 Å². The second-order valence-electron chi connectivity index (χ2n) is 6.78. The van der Waals surface area contributed by atoms with Crippen LogP contribution in [-0.4, -0.2) is 79.1 Å². The quantitative estimate of drug-likeness (QED) is 0.720. The van der Waals surface area contributed by atoms with Crippen molar-refractivity contribution in [3.05, 3.63) is 52.9 Å². The number of esters is 1. The lowest BCUT2D eigenvalue weighted by molar-refractivity contribution is 0.0598. The first-order valence-electron chi connectivity index (χ1n) is 9.39. The molecule has 2 aromatic rings. The molecule has 1 saturated heterocycles. The summed E-state index contributed by atoms with van der Waals surface area (Å²) in [5.41, 5.74) is 1.22. The average molecular weight is 400 g/mol. The first kappa shape index (κ1) is 20.5. The fraction of sp³-hybridized carbons (Fsp3) is 0.400.